The number of rotatable bonds is 10. The molecule has 0 saturated heterocycles. The molecule has 3 rings (SSSR count). The van der Waals surface area contributed by atoms with Crippen LogP contribution in [0, 0.1) is 0 Å². The Morgan fingerprint density at radius 2 is 1.91 bits per heavy atom. The van der Waals surface area contributed by atoms with Gasteiger partial charge in [0.05, 0.1) is 23.8 Å². The van der Waals surface area contributed by atoms with Crippen LogP contribution in [-0.4, -0.2) is 43.4 Å². The van der Waals surface area contributed by atoms with Crippen LogP contribution in [0.1, 0.15) is 76.1 Å². The minimum absolute atomic E-state index is 0.00660. The van der Waals surface area contributed by atoms with E-state index >= 15 is 0 Å². The number of hydrogen-bond donors (Lipinski definition) is 3. The lowest BCUT2D eigenvalue weighted by molar-refractivity contribution is -0.143. The number of methoxy groups -OCH3 is 1. The zero-order valence-corrected chi connectivity index (χ0v) is 22.2. The molecule has 7 nitrogen and oxygen atoms in total. The van der Waals surface area contributed by atoms with E-state index in [1.165, 1.54) is 0 Å². The zero-order valence-electron chi connectivity index (χ0n) is 21.3. The number of carboxylic acid groups (broad SMARTS) is 1. The van der Waals surface area contributed by atoms with Gasteiger partial charge in [-0.3, -0.25) is 15.4 Å². The van der Waals surface area contributed by atoms with E-state index in [4.69, 9.17) is 4.74 Å². The van der Waals surface area contributed by atoms with Crippen LogP contribution in [-0.2, 0) is 21.2 Å². The second-order valence-corrected chi connectivity index (χ2v) is 11.9. The number of benzene rings is 2. The van der Waals surface area contributed by atoms with Crippen molar-refractivity contribution in [1.82, 2.24) is 10.6 Å². The minimum Gasteiger partial charge on any atom is -0.496 e. The molecule has 0 unspecified atom stereocenters. The van der Waals surface area contributed by atoms with Gasteiger partial charge in [0, 0.05) is 17.6 Å². The Morgan fingerprint density at radius 3 is 2.49 bits per heavy atom. The molecule has 3 N–H and O–H groups in total. The zero-order chi connectivity index (χ0) is 25.9. The van der Waals surface area contributed by atoms with Crippen LogP contribution in [0.5, 0.6) is 5.75 Å². The molecule has 8 heteroatoms. The van der Waals surface area contributed by atoms with Crippen molar-refractivity contribution in [1.29, 1.82) is 0 Å². The molecule has 2 atom stereocenters. The summed E-state index contributed by atoms with van der Waals surface area (Å²) >= 11 is 0. The molecule has 35 heavy (non-hydrogen) atoms. The standard InChI is InChI=1S/C27H38N2O5S/c1-6-8-14-27(7-2)18-35(32,33)23-15-20(17-28-26(3,4)25(30)31)22(34-5)16-21(23)24(29-27)19-12-10-9-11-13-19/h9-13,15-16,24,28-29H,6-8,14,17-18H2,1-5H3,(H,30,31)/t24-,27-/m1/s1. The Kier molecular flexibility index (Phi) is 8.29. The predicted molar refractivity (Wildman–Crippen MR) is 138 cm³/mol. The van der Waals surface area contributed by atoms with E-state index in [9.17, 15) is 18.3 Å². The number of carboxylic acids is 1. The molecule has 0 spiro atoms. The fourth-order valence-corrected chi connectivity index (χ4v) is 6.82. The first-order valence-corrected chi connectivity index (χ1v) is 13.9. The predicted octanol–water partition coefficient (Wildman–Crippen LogP) is 4.45. The Hall–Kier alpha value is -2.42. The molecule has 0 aromatic heterocycles. The highest BCUT2D eigenvalue weighted by Crippen LogP contribution is 2.40. The minimum atomic E-state index is -3.65. The SMILES string of the molecule is CCCC[C@]1(CC)CS(=O)(=O)c2cc(CNC(C)(C)C(=O)O)c(OC)cc2[C@@H](c2ccccc2)N1. The van der Waals surface area contributed by atoms with E-state index in [1.807, 2.05) is 37.3 Å². The van der Waals surface area contributed by atoms with Gasteiger partial charge >= 0.3 is 5.97 Å². The summed E-state index contributed by atoms with van der Waals surface area (Å²) in [6, 6.07) is 13.0. The number of ether oxygens (including phenoxy) is 1. The maximum atomic E-state index is 13.9. The molecule has 0 fully saturated rings. The highest BCUT2D eigenvalue weighted by molar-refractivity contribution is 7.91. The second-order valence-electron chi connectivity index (χ2n) is 9.97. The summed E-state index contributed by atoms with van der Waals surface area (Å²) in [5.41, 5.74) is 0.503. The molecular weight excluding hydrogens is 464 g/mol. The van der Waals surface area contributed by atoms with Crippen molar-refractivity contribution < 1.29 is 23.1 Å². The van der Waals surface area contributed by atoms with Crippen LogP contribution < -0.4 is 15.4 Å². The molecule has 0 bridgehead atoms. The number of sulfone groups is 1. The number of fused-ring (bicyclic) bond motifs is 1. The average Bonchev–Trinajstić information content (AvgIpc) is 2.93. The maximum Gasteiger partial charge on any atom is 0.323 e. The Bertz CT molecular complexity index is 1150. The van der Waals surface area contributed by atoms with Gasteiger partial charge in [-0.25, -0.2) is 8.42 Å². The van der Waals surface area contributed by atoms with Crippen molar-refractivity contribution in [3.05, 3.63) is 59.2 Å². The molecule has 192 valence electrons. The Balaban J connectivity index is 2.19. The van der Waals surface area contributed by atoms with Gasteiger partial charge in [0.2, 0.25) is 0 Å². The van der Waals surface area contributed by atoms with E-state index < -0.39 is 26.9 Å². The van der Waals surface area contributed by atoms with Crippen molar-refractivity contribution in [3.8, 4) is 5.75 Å². The molecule has 0 aliphatic carbocycles. The molecule has 1 aliphatic heterocycles. The van der Waals surface area contributed by atoms with E-state index in [0.29, 0.717) is 23.3 Å². The molecule has 2 aromatic carbocycles. The smallest absolute Gasteiger partial charge is 0.323 e. The highest BCUT2D eigenvalue weighted by atomic mass is 32.2. The summed E-state index contributed by atoms with van der Waals surface area (Å²) in [5.74, 6) is -0.462. The van der Waals surface area contributed by atoms with Crippen LogP contribution in [0.2, 0.25) is 0 Å². The van der Waals surface area contributed by atoms with Crippen molar-refractivity contribution in [2.45, 2.75) is 81.9 Å². The monoisotopic (exact) mass is 502 g/mol. The number of unbranched alkanes of at least 4 members (excludes halogenated alkanes) is 1. The third-order valence-corrected chi connectivity index (χ3v) is 9.01. The average molecular weight is 503 g/mol. The lowest BCUT2D eigenvalue weighted by Gasteiger charge is -2.36. The molecule has 0 amide bonds. The number of hydrogen-bond acceptors (Lipinski definition) is 6. The fraction of sp³-hybridized carbons (Fsp3) is 0.519. The van der Waals surface area contributed by atoms with E-state index in [-0.39, 0.29) is 23.2 Å². The molecule has 1 heterocycles. The highest BCUT2D eigenvalue weighted by Gasteiger charge is 2.42. The molecule has 2 aromatic rings. The van der Waals surface area contributed by atoms with Gasteiger partial charge in [-0.15, -0.1) is 0 Å². The first-order valence-electron chi connectivity index (χ1n) is 12.2. The van der Waals surface area contributed by atoms with Gasteiger partial charge in [0.1, 0.15) is 11.3 Å². The Labute approximate surface area is 209 Å². The van der Waals surface area contributed by atoms with Gasteiger partial charge in [0.15, 0.2) is 9.84 Å². The number of nitrogens with one attached hydrogen (secondary N) is 2. The lowest BCUT2D eigenvalue weighted by atomic mass is 9.88. The van der Waals surface area contributed by atoms with Gasteiger partial charge in [-0.05, 0) is 49.9 Å². The maximum absolute atomic E-state index is 13.9. The summed E-state index contributed by atoms with van der Waals surface area (Å²) < 4.78 is 33.4. The topological polar surface area (TPSA) is 105 Å². The summed E-state index contributed by atoms with van der Waals surface area (Å²) in [6.45, 7) is 7.45. The van der Waals surface area contributed by atoms with Crippen molar-refractivity contribution >= 4 is 15.8 Å². The third kappa shape index (κ3) is 5.88. The number of aliphatic carboxylic acids is 1. The summed E-state index contributed by atoms with van der Waals surface area (Å²) in [5, 5.41) is 16.2. The summed E-state index contributed by atoms with van der Waals surface area (Å²) in [4.78, 5) is 11.8. The summed E-state index contributed by atoms with van der Waals surface area (Å²) in [6.07, 6.45) is 3.35. The van der Waals surface area contributed by atoms with Crippen LogP contribution in [0.4, 0.5) is 0 Å². The van der Waals surface area contributed by atoms with Crippen molar-refractivity contribution in [2.75, 3.05) is 12.9 Å². The first-order chi connectivity index (χ1) is 16.5. The van der Waals surface area contributed by atoms with Crippen LogP contribution in [0.3, 0.4) is 0 Å². The molecule has 0 radical (unpaired) electrons. The van der Waals surface area contributed by atoms with Crippen LogP contribution in [0.15, 0.2) is 47.4 Å². The van der Waals surface area contributed by atoms with Crippen LogP contribution in [0.25, 0.3) is 0 Å². The second kappa shape index (κ2) is 10.7. The third-order valence-electron chi connectivity index (χ3n) is 7.05. The normalized spacial score (nSPS) is 21.7. The number of carbonyl (C=O) groups is 1. The van der Waals surface area contributed by atoms with Crippen molar-refractivity contribution in [3.63, 3.8) is 0 Å². The van der Waals surface area contributed by atoms with Gasteiger partial charge < -0.3 is 9.84 Å². The quantitative estimate of drug-likeness (QED) is 0.441. The Morgan fingerprint density at radius 1 is 1.23 bits per heavy atom. The van der Waals surface area contributed by atoms with E-state index in [0.717, 1.165) is 24.8 Å². The van der Waals surface area contributed by atoms with Gasteiger partial charge in [-0.1, -0.05) is 57.0 Å². The van der Waals surface area contributed by atoms with Gasteiger partial charge in [0.25, 0.3) is 0 Å². The molecular formula is C27H38N2O5S. The van der Waals surface area contributed by atoms with Crippen LogP contribution >= 0.6 is 0 Å². The fourth-order valence-electron chi connectivity index (χ4n) is 4.65. The summed E-state index contributed by atoms with van der Waals surface area (Å²) in [7, 11) is -2.11. The molecule has 0 saturated carbocycles. The van der Waals surface area contributed by atoms with E-state index in [2.05, 4.69) is 17.6 Å². The lowest BCUT2D eigenvalue weighted by Crippen LogP contribution is -2.50. The van der Waals surface area contributed by atoms with E-state index in [1.54, 1.807) is 33.1 Å². The van der Waals surface area contributed by atoms with Crippen molar-refractivity contribution in [2.24, 2.45) is 0 Å². The largest absolute Gasteiger partial charge is 0.496 e. The first kappa shape index (κ1) is 27.2. The molecule has 1 aliphatic rings. The van der Waals surface area contributed by atoms with Gasteiger partial charge in [-0.2, -0.15) is 0 Å².